The Kier molecular flexibility index (Phi) is 3.87. The summed E-state index contributed by atoms with van der Waals surface area (Å²) in [5.41, 5.74) is 0. The molecule has 2 fully saturated rings. The van der Waals surface area contributed by atoms with Gasteiger partial charge >= 0.3 is 0 Å². The number of hydrogen-bond donors (Lipinski definition) is 1. The van der Waals surface area contributed by atoms with Crippen molar-refractivity contribution in [1.82, 2.24) is 10.2 Å². The lowest BCUT2D eigenvalue weighted by Gasteiger charge is -2.33. The van der Waals surface area contributed by atoms with Crippen LogP contribution in [0.3, 0.4) is 0 Å². The van der Waals surface area contributed by atoms with Crippen molar-refractivity contribution < 1.29 is 4.79 Å². The van der Waals surface area contributed by atoms with E-state index in [1.807, 2.05) is 4.90 Å². The first-order valence-electron chi connectivity index (χ1n) is 5.86. The molecule has 0 bridgehead atoms. The number of likely N-dealkylation sites (tertiary alicyclic amines) is 1. The third-order valence-corrected chi connectivity index (χ3v) is 3.51. The van der Waals surface area contributed by atoms with Gasteiger partial charge in [-0.2, -0.15) is 0 Å². The van der Waals surface area contributed by atoms with Crippen molar-refractivity contribution >= 4 is 17.5 Å². The molecule has 1 saturated carbocycles. The summed E-state index contributed by atoms with van der Waals surface area (Å²) in [7, 11) is 0. The Balaban J connectivity index is 1.72. The molecular formula is C11H19ClN2O. The lowest BCUT2D eigenvalue weighted by atomic mass is 10.1. The first-order chi connectivity index (χ1) is 7.29. The molecule has 0 spiro atoms. The Labute approximate surface area is 96.2 Å². The van der Waals surface area contributed by atoms with Crippen molar-refractivity contribution in [1.29, 1.82) is 0 Å². The van der Waals surface area contributed by atoms with E-state index in [1.165, 1.54) is 19.3 Å². The number of nitrogens with zero attached hydrogens (tertiary/aromatic N) is 1. The van der Waals surface area contributed by atoms with Gasteiger partial charge in [-0.15, -0.1) is 11.6 Å². The summed E-state index contributed by atoms with van der Waals surface area (Å²) in [6.45, 7) is 2.86. The van der Waals surface area contributed by atoms with Crippen LogP contribution in [0.15, 0.2) is 0 Å². The van der Waals surface area contributed by atoms with Gasteiger partial charge in [0.25, 0.3) is 0 Å². The molecule has 1 amide bonds. The standard InChI is InChI=1S/C11H19ClN2O/c12-6-11(15)14-5-1-2-10(8-14)13-7-9-3-4-9/h9-10,13H,1-8H2/t10-/m0/s1. The topological polar surface area (TPSA) is 32.3 Å². The molecule has 1 aliphatic heterocycles. The lowest BCUT2D eigenvalue weighted by Crippen LogP contribution is -2.48. The Bertz CT molecular complexity index is 231. The second kappa shape index (κ2) is 5.17. The molecule has 0 unspecified atom stereocenters. The van der Waals surface area contributed by atoms with E-state index in [0.717, 1.165) is 32.0 Å². The van der Waals surface area contributed by atoms with Gasteiger partial charge in [0.05, 0.1) is 0 Å². The Morgan fingerprint density at radius 3 is 2.87 bits per heavy atom. The molecule has 2 rings (SSSR count). The third-order valence-electron chi connectivity index (χ3n) is 3.28. The van der Waals surface area contributed by atoms with E-state index in [9.17, 15) is 4.79 Å². The molecule has 86 valence electrons. The van der Waals surface area contributed by atoms with E-state index in [-0.39, 0.29) is 11.8 Å². The van der Waals surface area contributed by atoms with Gasteiger partial charge in [0, 0.05) is 19.1 Å². The molecule has 2 aliphatic rings. The van der Waals surface area contributed by atoms with Crippen LogP contribution in [0, 0.1) is 5.92 Å². The minimum absolute atomic E-state index is 0.0783. The van der Waals surface area contributed by atoms with E-state index >= 15 is 0 Å². The molecule has 1 saturated heterocycles. The zero-order chi connectivity index (χ0) is 10.7. The largest absolute Gasteiger partial charge is 0.340 e. The fourth-order valence-electron chi connectivity index (χ4n) is 2.11. The van der Waals surface area contributed by atoms with Crippen LogP contribution in [0.4, 0.5) is 0 Å². The molecule has 0 aromatic heterocycles. The van der Waals surface area contributed by atoms with Crippen LogP contribution in [0.5, 0.6) is 0 Å². The summed E-state index contributed by atoms with van der Waals surface area (Å²) < 4.78 is 0. The smallest absolute Gasteiger partial charge is 0.237 e. The second-order valence-corrected chi connectivity index (χ2v) is 4.93. The van der Waals surface area contributed by atoms with Crippen molar-refractivity contribution in [3.05, 3.63) is 0 Å². The number of nitrogens with one attached hydrogen (secondary N) is 1. The van der Waals surface area contributed by atoms with Crippen LogP contribution < -0.4 is 5.32 Å². The van der Waals surface area contributed by atoms with Crippen molar-refractivity contribution in [2.24, 2.45) is 5.92 Å². The zero-order valence-electron chi connectivity index (χ0n) is 9.04. The molecular weight excluding hydrogens is 212 g/mol. The number of carbonyl (C=O) groups excluding carboxylic acids is 1. The molecule has 3 nitrogen and oxygen atoms in total. The van der Waals surface area contributed by atoms with E-state index < -0.39 is 0 Å². The van der Waals surface area contributed by atoms with Gasteiger partial charge in [-0.3, -0.25) is 4.79 Å². The summed E-state index contributed by atoms with van der Waals surface area (Å²) in [6.07, 6.45) is 5.05. The number of carbonyl (C=O) groups is 1. The van der Waals surface area contributed by atoms with Crippen LogP contribution in [0.2, 0.25) is 0 Å². The number of alkyl halides is 1. The number of hydrogen-bond acceptors (Lipinski definition) is 2. The minimum Gasteiger partial charge on any atom is -0.340 e. The average molecular weight is 231 g/mol. The summed E-state index contributed by atoms with van der Waals surface area (Å²) >= 11 is 5.56. The molecule has 1 N–H and O–H groups in total. The first-order valence-corrected chi connectivity index (χ1v) is 6.40. The van der Waals surface area contributed by atoms with Crippen molar-refractivity contribution in [2.45, 2.75) is 31.7 Å². The van der Waals surface area contributed by atoms with E-state index in [1.54, 1.807) is 0 Å². The van der Waals surface area contributed by atoms with E-state index in [4.69, 9.17) is 11.6 Å². The van der Waals surface area contributed by atoms with Gasteiger partial charge in [0.2, 0.25) is 5.91 Å². The lowest BCUT2D eigenvalue weighted by molar-refractivity contribution is -0.129. The summed E-state index contributed by atoms with van der Waals surface area (Å²) in [6, 6.07) is 0.492. The number of amides is 1. The highest BCUT2D eigenvalue weighted by atomic mass is 35.5. The van der Waals surface area contributed by atoms with E-state index in [0.29, 0.717) is 6.04 Å². The zero-order valence-corrected chi connectivity index (χ0v) is 9.80. The molecule has 1 aliphatic carbocycles. The third kappa shape index (κ3) is 3.35. The number of halogens is 1. The second-order valence-electron chi connectivity index (χ2n) is 4.66. The van der Waals surface area contributed by atoms with Gasteiger partial charge in [-0.25, -0.2) is 0 Å². The molecule has 1 heterocycles. The molecule has 1 atom stereocenters. The maximum atomic E-state index is 11.4. The maximum Gasteiger partial charge on any atom is 0.237 e. The molecule has 0 aromatic rings. The van der Waals surface area contributed by atoms with Gasteiger partial charge in [-0.05, 0) is 38.1 Å². The maximum absolute atomic E-state index is 11.4. The van der Waals surface area contributed by atoms with Gasteiger partial charge in [0.15, 0.2) is 0 Å². The number of rotatable bonds is 4. The van der Waals surface area contributed by atoms with Crippen LogP contribution >= 0.6 is 11.6 Å². The predicted octanol–water partition coefficient (Wildman–Crippen LogP) is 1.22. The van der Waals surface area contributed by atoms with E-state index in [2.05, 4.69) is 5.32 Å². The van der Waals surface area contributed by atoms with Crippen molar-refractivity contribution in [3.63, 3.8) is 0 Å². The van der Waals surface area contributed by atoms with Crippen LogP contribution in [-0.4, -0.2) is 42.4 Å². The van der Waals surface area contributed by atoms with Gasteiger partial charge in [0.1, 0.15) is 5.88 Å². The Morgan fingerprint density at radius 2 is 2.20 bits per heavy atom. The molecule has 15 heavy (non-hydrogen) atoms. The van der Waals surface area contributed by atoms with Gasteiger partial charge in [-0.1, -0.05) is 0 Å². The Hall–Kier alpha value is -0.280. The fraction of sp³-hybridized carbons (Fsp3) is 0.909. The number of piperidine rings is 1. The monoisotopic (exact) mass is 230 g/mol. The van der Waals surface area contributed by atoms with Crippen molar-refractivity contribution in [3.8, 4) is 0 Å². The van der Waals surface area contributed by atoms with Gasteiger partial charge < -0.3 is 10.2 Å². The average Bonchev–Trinajstić information content (AvgIpc) is 3.09. The first kappa shape index (κ1) is 11.2. The minimum atomic E-state index is 0.0783. The van der Waals surface area contributed by atoms with Crippen molar-refractivity contribution in [2.75, 3.05) is 25.5 Å². The molecule has 0 radical (unpaired) electrons. The SMILES string of the molecule is O=C(CCl)N1CCC[C@H](NCC2CC2)C1. The highest BCUT2D eigenvalue weighted by Gasteiger charge is 2.26. The highest BCUT2D eigenvalue weighted by Crippen LogP contribution is 2.28. The quantitative estimate of drug-likeness (QED) is 0.737. The highest BCUT2D eigenvalue weighted by molar-refractivity contribution is 6.27. The summed E-state index contributed by atoms with van der Waals surface area (Å²) in [4.78, 5) is 13.3. The summed E-state index contributed by atoms with van der Waals surface area (Å²) in [5.74, 6) is 1.11. The molecule has 0 aromatic carbocycles. The fourth-order valence-corrected chi connectivity index (χ4v) is 2.28. The Morgan fingerprint density at radius 1 is 1.40 bits per heavy atom. The normalized spacial score (nSPS) is 26.7. The summed E-state index contributed by atoms with van der Waals surface area (Å²) in [5, 5.41) is 3.56. The van der Waals surface area contributed by atoms with Crippen LogP contribution in [0.1, 0.15) is 25.7 Å². The predicted molar refractivity (Wildman–Crippen MR) is 61.0 cm³/mol. The van der Waals surface area contributed by atoms with Crippen LogP contribution in [-0.2, 0) is 4.79 Å². The van der Waals surface area contributed by atoms with Crippen LogP contribution in [0.25, 0.3) is 0 Å². The molecule has 4 heteroatoms.